The third kappa shape index (κ3) is 0.997. The molecule has 0 amide bonds. The molecular formula is C7H8O. The standard InChI is InChI=1S/C7H8O/c1-6-2-4-7(8)5-3-6/h2-5,8H,1H3/i1D3. The number of hydrogen-bond donors (Lipinski definition) is 1. The zero-order valence-electron chi connectivity index (χ0n) is 7.26. The van der Waals surface area contributed by atoms with Crippen LogP contribution in [0.15, 0.2) is 24.3 Å². The first-order chi connectivity index (χ1) is 5.00. The van der Waals surface area contributed by atoms with Crippen molar-refractivity contribution in [3.05, 3.63) is 29.8 Å². The summed E-state index contributed by atoms with van der Waals surface area (Å²) < 4.78 is 21.0. The summed E-state index contributed by atoms with van der Waals surface area (Å²) in [7, 11) is 0. The summed E-state index contributed by atoms with van der Waals surface area (Å²) in [6.45, 7) is -2.08. The average Bonchev–Trinajstić information content (AvgIpc) is 1.86. The average molecular weight is 111 g/mol. The summed E-state index contributed by atoms with van der Waals surface area (Å²) in [6.07, 6.45) is 0. The molecule has 0 bridgehead atoms. The maximum Gasteiger partial charge on any atom is 0.115 e. The van der Waals surface area contributed by atoms with Crippen LogP contribution in [0.25, 0.3) is 0 Å². The minimum absolute atomic E-state index is 0.0815. The third-order valence-corrected chi connectivity index (χ3v) is 0.867. The minimum Gasteiger partial charge on any atom is -0.508 e. The highest BCUT2D eigenvalue weighted by Crippen LogP contribution is 2.07. The van der Waals surface area contributed by atoms with Gasteiger partial charge in [0.05, 0.1) is 0 Å². The van der Waals surface area contributed by atoms with Crippen molar-refractivity contribution >= 4 is 0 Å². The summed E-state index contributed by atoms with van der Waals surface area (Å²) in [4.78, 5) is 0. The lowest BCUT2D eigenvalue weighted by molar-refractivity contribution is 0.475. The highest BCUT2D eigenvalue weighted by Gasteiger charge is 1.82. The van der Waals surface area contributed by atoms with Crippen LogP contribution in [0, 0.1) is 6.85 Å². The summed E-state index contributed by atoms with van der Waals surface area (Å²) in [5.74, 6) is 0.0815. The van der Waals surface area contributed by atoms with Gasteiger partial charge >= 0.3 is 0 Å². The van der Waals surface area contributed by atoms with Gasteiger partial charge in [0.2, 0.25) is 0 Å². The Balaban J connectivity index is 2.99. The van der Waals surface area contributed by atoms with Gasteiger partial charge < -0.3 is 5.11 Å². The Labute approximate surface area is 52.8 Å². The summed E-state index contributed by atoms with van der Waals surface area (Å²) in [5.41, 5.74) is 0.246. The van der Waals surface area contributed by atoms with E-state index in [0.29, 0.717) is 0 Å². The summed E-state index contributed by atoms with van der Waals surface area (Å²) in [5, 5.41) is 8.84. The molecule has 42 valence electrons. The quantitative estimate of drug-likeness (QED) is 0.540. The summed E-state index contributed by atoms with van der Waals surface area (Å²) >= 11 is 0. The van der Waals surface area contributed by atoms with Gasteiger partial charge in [-0.1, -0.05) is 17.7 Å². The van der Waals surface area contributed by atoms with Crippen LogP contribution >= 0.6 is 0 Å². The van der Waals surface area contributed by atoms with E-state index in [1.54, 1.807) is 0 Å². The van der Waals surface area contributed by atoms with Gasteiger partial charge in [0.1, 0.15) is 5.75 Å². The maximum absolute atomic E-state index is 8.84. The van der Waals surface area contributed by atoms with Gasteiger partial charge in [-0.15, -0.1) is 0 Å². The van der Waals surface area contributed by atoms with E-state index in [-0.39, 0.29) is 11.3 Å². The van der Waals surface area contributed by atoms with Gasteiger partial charge in [0, 0.05) is 4.11 Å². The van der Waals surface area contributed by atoms with E-state index in [9.17, 15) is 0 Å². The second-order valence-corrected chi connectivity index (χ2v) is 1.55. The topological polar surface area (TPSA) is 20.2 Å². The van der Waals surface area contributed by atoms with E-state index < -0.39 is 6.85 Å². The highest BCUT2D eigenvalue weighted by atomic mass is 16.3. The van der Waals surface area contributed by atoms with E-state index >= 15 is 0 Å². The van der Waals surface area contributed by atoms with Gasteiger partial charge in [-0.25, -0.2) is 0 Å². The van der Waals surface area contributed by atoms with Crippen LogP contribution in [0.4, 0.5) is 0 Å². The zero-order chi connectivity index (χ0) is 8.48. The van der Waals surface area contributed by atoms with Crippen LogP contribution in [0.3, 0.4) is 0 Å². The molecule has 8 heavy (non-hydrogen) atoms. The predicted molar refractivity (Wildman–Crippen MR) is 32.8 cm³/mol. The molecule has 1 nitrogen and oxygen atoms in total. The fourth-order valence-electron chi connectivity index (χ4n) is 0.461. The molecule has 1 N–H and O–H groups in total. The summed E-state index contributed by atoms with van der Waals surface area (Å²) in [6, 6.07) is 5.51. The smallest absolute Gasteiger partial charge is 0.115 e. The van der Waals surface area contributed by atoms with E-state index in [1.807, 2.05) is 0 Å². The third-order valence-electron chi connectivity index (χ3n) is 0.867. The Morgan fingerprint density at radius 3 is 2.50 bits per heavy atom. The Morgan fingerprint density at radius 2 is 2.00 bits per heavy atom. The van der Waals surface area contributed by atoms with Crippen molar-refractivity contribution in [1.82, 2.24) is 0 Å². The second kappa shape index (κ2) is 1.86. The van der Waals surface area contributed by atoms with Crippen LogP contribution in [-0.4, -0.2) is 5.11 Å². The van der Waals surface area contributed by atoms with Crippen LogP contribution in [-0.2, 0) is 0 Å². The van der Waals surface area contributed by atoms with Crippen LogP contribution in [0.5, 0.6) is 5.75 Å². The first-order valence-electron chi connectivity index (χ1n) is 3.79. The number of benzene rings is 1. The van der Waals surface area contributed by atoms with Crippen molar-refractivity contribution in [1.29, 1.82) is 0 Å². The number of hydrogen-bond acceptors (Lipinski definition) is 1. The molecule has 1 heteroatoms. The molecule has 1 rings (SSSR count). The first kappa shape index (κ1) is 2.53. The predicted octanol–water partition coefficient (Wildman–Crippen LogP) is 1.70. The molecule has 0 heterocycles. The highest BCUT2D eigenvalue weighted by molar-refractivity contribution is 5.24. The number of phenolic OH excluding ortho intramolecular Hbond substituents is 1. The molecule has 0 saturated carbocycles. The lowest BCUT2D eigenvalue weighted by atomic mass is 10.2. The van der Waals surface area contributed by atoms with Crippen molar-refractivity contribution in [2.75, 3.05) is 0 Å². The zero-order valence-corrected chi connectivity index (χ0v) is 4.26. The fourth-order valence-corrected chi connectivity index (χ4v) is 0.461. The van der Waals surface area contributed by atoms with E-state index in [4.69, 9.17) is 9.22 Å². The molecule has 0 aliphatic heterocycles. The lowest BCUT2D eigenvalue weighted by Gasteiger charge is -1.89. The van der Waals surface area contributed by atoms with Gasteiger partial charge in [-0.3, -0.25) is 0 Å². The van der Waals surface area contributed by atoms with Crippen LogP contribution in [0.2, 0.25) is 0 Å². The second-order valence-electron chi connectivity index (χ2n) is 1.55. The molecule has 0 spiro atoms. The molecular weight excluding hydrogens is 100 g/mol. The Hall–Kier alpha value is -0.980. The molecule has 0 aliphatic carbocycles. The number of aromatic hydroxyl groups is 1. The van der Waals surface area contributed by atoms with Crippen molar-refractivity contribution in [3.63, 3.8) is 0 Å². The van der Waals surface area contributed by atoms with Gasteiger partial charge in [0.25, 0.3) is 0 Å². The van der Waals surface area contributed by atoms with Gasteiger partial charge in [-0.2, -0.15) is 0 Å². The molecule has 0 aromatic heterocycles. The molecule has 0 saturated heterocycles. The van der Waals surface area contributed by atoms with Gasteiger partial charge in [0.15, 0.2) is 0 Å². The van der Waals surface area contributed by atoms with E-state index in [2.05, 4.69) is 0 Å². The Kier molecular flexibility index (Phi) is 0.591. The normalized spacial score (nSPS) is 16.2. The van der Waals surface area contributed by atoms with Crippen LogP contribution in [0.1, 0.15) is 9.68 Å². The molecule has 0 unspecified atom stereocenters. The lowest BCUT2D eigenvalue weighted by Crippen LogP contribution is -1.66. The first-order valence-corrected chi connectivity index (χ1v) is 2.29. The van der Waals surface area contributed by atoms with Crippen molar-refractivity contribution < 1.29 is 9.22 Å². The minimum atomic E-state index is -2.08. The molecule has 0 radical (unpaired) electrons. The fraction of sp³-hybridized carbons (Fsp3) is 0.143. The van der Waals surface area contributed by atoms with Crippen LogP contribution < -0.4 is 0 Å². The number of rotatable bonds is 0. The van der Waals surface area contributed by atoms with Crippen molar-refractivity contribution in [2.24, 2.45) is 0 Å². The largest absolute Gasteiger partial charge is 0.508 e. The SMILES string of the molecule is [2H]C([2H])([2H])c1ccc(O)cc1. The molecule has 1 aromatic carbocycles. The van der Waals surface area contributed by atoms with Crippen molar-refractivity contribution in [2.45, 2.75) is 6.85 Å². The van der Waals surface area contributed by atoms with E-state index in [1.165, 1.54) is 24.3 Å². The molecule has 0 aliphatic rings. The van der Waals surface area contributed by atoms with Gasteiger partial charge in [-0.05, 0) is 19.0 Å². The Morgan fingerprint density at radius 1 is 1.38 bits per heavy atom. The maximum atomic E-state index is 8.84. The molecule has 0 atom stereocenters. The molecule has 0 fully saturated rings. The van der Waals surface area contributed by atoms with E-state index in [0.717, 1.165) is 0 Å². The van der Waals surface area contributed by atoms with Crippen molar-refractivity contribution in [3.8, 4) is 5.75 Å². The number of aryl methyl sites for hydroxylation is 1. The Bertz CT molecular complexity index is 237. The monoisotopic (exact) mass is 111 g/mol. The number of phenols is 1. The molecule has 1 aromatic rings.